The highest BCUT2D eigenvalue weighted by atomic mass is 32.2. The maximum atomic E-state index is 10.8. The maximum absolute atomic E-state index is 10.8. The molecule has 2 aromatic rings. The number of nitrogen functional groups attached to an aromatic ring is 1. The van der Waals surface area contributed by atoms with Gasteiger partial charge in [-0.3, -0.25) is 0 Å². The van der Waals surface area contributed by atoms with Crippen LogP contribution in [0.5, 0.6) is 5.75 Å². The lowest BCUT2D eigenvalue weighted by Crippen LogP contribution is -1.94. The largest absolute Gasteiger partial charge is 0.495 e. The van der Waals surface area contributed by atoms with E-state index in [9.17, 15) is 4.79 Å². The van der Waals surface area contributed by atoms with E-state index in [2.05, 4.69) is 0 Å². The SMILES string of the molecule is COc1cc(N)ccc1Sc1ccc(C(=O)O)cc1. The van der Waals surface area contributed by atoms with E-state index < -0.39 is 5.97 Å². The van der Waals surface area contributed by atoms with Crippen molar-refractivity contribution < 1.29 is 14.6 Å². The molecular weight excluding hydrogens is 262 g/mol. The second-order valence-corrected chi connectivity index (χ2v) is 4.96. The summed E-state index contributed by atoms with van der Waals surface area (Å²) in [5, 5.41) is 8.84. The Morgan fingerprint density at radius 1 is 1.21 bits per heavy atom. The highest BCUT2D eigenvalue weighted by molar-refractivity contribution is 7.99. The first kappa shape index (κ1) is 13.3. The van der Waals surface area contributed by atoms with E-state index in [0.29, 0.717) is 11.4 Å². The van der Waals surface area contributed by atoms with Crippen molar-refractivity contribution in [1.29, 1.82) is 0 Å². The van der Waals surface area contributed by atoms with Gasteiger partial charge in [0.25, 0.3) is 0 Å². The third kappa shape index (κ3) is 3.20. The van der Waals surface area contributed by atoms with Crippen LogP contribution in [0.15, 0.2) is 52.3 Å². The van der Waals surface area contributed by atoms with Crippen molar-refractivity contribution in [3.8, 4) is 5.75 Å². The molecule has 0 aromatic heterocycles. The van der Waals surface area contributed by atoms with Gasteiger partial charge in [-0.1, -0.05) is 11.8 Å². The van der Waals surface area contributed by atoms with E-state index >= 15 is 0 Å². The quantitative estimate of drug-likeness (QED) is 0.839. The Balaban J connectivity index is 2.23. The second-order valence-electron chi connectivity index (χ2n) is 3.84. The predicted molar refractivity (Wildman–Crippen MR) is 74.9 cm³/mol. The van der Waals surface area contributed by atoms with Gasteiger partial charge in [0.05, 0.1) is 17.6 Å². The molecule has 0 atom stereocenters. The molecule has 4 nitrogen and oxygen atoms in total. The van der Waals surface area contributed by atoms with E-state index in [4.69, 9.17) is 15.6 Å². The fraction of sp³-hybridized carbons (Fsp3) is 0.0714. The van der Waals surface area contributed by atoms with Gasteiger partial charge in [0, 0.05) is 16.6 Å². The lowest BCUT2D eigenvalue weighted by Gasteiger charge is -2.09. The normalized spacial score (nSPS) is 10.2. The van der Waals surface area contributed by atoms with Crippen LogP contribution in [0.3, 0.4) is 0 Å². The third-order valence-electron chi connectivity index (χ3n) is 2.52. The van der Waals surface area contributed by atoms with E-state index in [0.717, 1.165) is 9.79 Å². The third-order valence-corrected chi connectivity index (χ3v) is 3.58. The number of nitrogens with two attached hydrogens (primary N) is 1. The van der Waals surface area contributed by atoms with Gasteiger partial charge in [0.1, 0.15) is 5.75 Å². The van der Waals surface area contributed by atoms with Gasteiger partial charge in [-0.15, -0.1) is 0 Å². The van der Waals surface area contributed by atoms with E-state index in [-0.39, 0.29) is 5.56 Å². The average molecular weight is 275 g/mol. The highest BCUT2D eigenvalue weighted by Gasteiger charge is 2.07. The number of rotatable bonds is 4. The molecule has 0 aliphatic carbocycles. The fourth-order valence-corrected chi connectivity index (χ4v) is 2.47. The average Bonchev–Trinajstić information content (AvgIpc) is 2.41. The molecule has 3 N–H and O–H groups in total. The topological polar surface area (TPSA) is 72.5 Å². The zero-order valence-corrected chi connectivity index (χ0v) is 11.1. The lowest BCUT2D eigenvalue weighted by atomic mass is 10.2. The molecule has 19 heavy (non-hydrogen) atoms. The monoisotopic (exact) mass is 275 g/mol. The summed E-state index contributed by atoms with van der Waals surface area (Å²) in [5.74, 6) is -0.228. The van der Waals surface area contributed by atoms with Crippen molar-refractivity contribution in [1.82, 2.24) is 0 Å². The van der Waals surface area contributed by atoms with Crippen molar-refractivity contribution >= 4 is 23.4 Å². The number of carboxylic acid groups (broad SMARTS) is 1. The summed E-state index contributed by atoms with van der Waals surface area (Å²) in [6.07, 6.45) is 0. The lowest BCUT2D eigenvalue weighted by molar-refractivity contribution is 0.0697. The summed E-state index contributed by atoms with van der Waals surface area (Å²) in [6, 6.07) is 12.1. The van der Waals surface area contributed by atoms with Crippen molar-refractivity contribution in [2.75, 3.05) is 12.8 Å². The number of carbonyl (C=O) groups is 1. The first-order valence-corrected chi connectivity index (χ1v) is 6.36. The second kappa shape index (κ2) is 5.67. The zero-order chi connectivity index (χ0) is 13.8. The Bertz CT molecular complexity index is 596. The van der Waals surface area contributed by atoms with Gasteiger partial charge < -0.3 is 15.6 Å². The van der Waals surface area contributed by atoms with Crippen LogP contribution >= 0.6 is 11.8 Å². The summed E-state index contributed by atoms with van der Waals surface area (Å²) < 4.78 is 5.27. The number of aromatic carboxylic acids is 1. The van der Waals surface area contributed by atoms with Crippen LogP contribution in [0, 0.1) is 0 Å². The Morgan fingerprint density at radius 2 is 1.89 bits per heavy atom. The van der Waals surface area contributed by atoms with Crippen molar-refractivity contribution in [2.24, 2.45) is 0 Å². The van der Waals surface area contributed by atoms with Crippen LogP contribution < -0.4 is 10.5 Å². The molecule has 0 amide bonds. The minimum Gasteiger partial charge on any atom is -0.495 e. The Kier molecular flexibility index (Phi) is 3.97. The van der Waals surface area contributed by atoms with Crippen LogP contribution in [0.4, 0.5) is 5.69 Å². The molecule has 2 rings (SSSR count). The number of hydrogen-bond acceptors (Lipinski definition) is 4. The molecule has 98 valence electrons. The molecule has 0 saturated heterocycles. The maximum Gasteiger partial charge on any atom is 0.335 e. The van der Waals surface area contributed by atoms with Crippen LogP contribution in [0.25, 0.3) is 0 Å². The molecule has 0 unspecified atom stereocenters. The Morgan fingerprint density at radius 3 is 2.47 bits per heavy atom. The molecule has 0 aliphatic heterocycles. The predicted octanol–water partition coefficient (Wildman–Crippen LogP) is 3.13. The Hall–Kier alpha value is -2.14. The molecule has 0 radical (unpaired) electrons. The summed E-state index contributed by atoms with van der Waals surface area (Å²) in [7, 11) is 1.59. The molecule has 0 bridgehead atoms. The highest BCUT2D eigenvalue weighted by Crippen LogP contribution is 2.36. The molecular formula is C14H13NO3S. The van der Waals surface area contributed by atoms with Crippen LogP contribution in [0.2, 0.25) is 0 Å². The minimum absolute atomic E-state index is 0.272. The molecule has 0 aliphatic rings. The number of ether oxygens (including phenoxy) is 1. The first-order chi connectivity index (χ1) is 9.10. The van der Waals surface area contributed by atoms with Crippen LogP contribution in [0.1, 0.15) is 10.4 Å². The smallest absolute Gasteiger partial charge is 0.335 e. The van der Waals surface area contributed by atoms with Gasteiger partial charge >= 0.3 is 5.97 Å². The van der Waals surface area contributed by atoms with Gasteiger partial charge in [0.15, 0.2) is 0 Å². The number of methoxy groups -OCH3 is 1. The summed E-state index contributed by atoms with van der Waals surface area (Å²) in [6.45, 7) is 0. The van der Waals surface area contributed by atoms with E-state index in [1.807, 2.05) is 6.07 Å². The van der Waals surface area contributed by atoms with Gasteiger partial charge in [-0.2, -0.15) is 0 Å². The van der Waals surface area contributed by atoms with Crippen molar-refractivity contribution in [3.05, 3.63) is 48.0 Å². The van der Waals surface area contributed by atoms with Gasteiger partial charge in [-0.25, -0.2) is 4.79 Å². The summed E-state index contributed by atoms with van der Waals surface area (Å²) >= 11 is 1.49. The zero-order valence-electron chi connectivity index (χ0n) is 10.3. The molecule has 0 saturated carbocycles. The standard InChI is InChI=1S/C14H13NO3S/c1-18-12-8-10(15)4-7-13(12)19-11-5-2-9(3-6-11)14(16)17/h2-8H,15H2,1H3,(H,16,17). The number of hydrogen-bond donors (Lipinski definition) is 2. The fourth-order valence-electron chi connectivity index (χ4n) is 1.56. The molecule has 2 aromatic carbocycles. The van der Waals surface area contributed by atoms with Crippen LogP contribution in [-0.2, 0) is 0 Å². The Labute approximate surface area is 115 Å². The molecule has 0 spiro atoms. The summed E-state index contributed by atoms with van der Waals surface area (Å²) in [5.41, 5.74) is 6.61. The van der Waals surface area contributed by atoms with Gasteiger partial charge in [0.2, 0.25) is 0 Å². The number of carboxylic acids is 1. The van der Waals surface area contributed by atoms with Crippen LogP contribution in [-0.4, -0.2) is 18.2 Å². The first-order valence-electron chi connectivity index (χ1n) is 5.55. The number of anilines is 1. The number of benzene rings is 2. The van der Waals surface area contributed by atoms with E-state index in [1.165, 1.54) is 11.8 Å². The molecule has 0 heterocycles. The van der Waals surface area contributed by atoms with Crippen molar-refractivity contribution in [2.45, 2.75) is 9.79 Å². The molecule has 0 fully saturated rings. The summed E-state index contributed by atoms with van der Waals surface area (Å²) in [4.78, 5) is 12.6. The molecule has 5 heteroatoms. The minimum atomic E-state index is -0.929. The van der Waals surface area contributed by atoms with E-state index in [1.54, 1.807) is 43.5 Å². The van der Waals surface area contributed by atoms with Crippen molar-refractivity contribution in [3.63, 3.8) is 0 Å². The van der Waals surface area contributed by atoms with Gasteiger partial charge in [-0.05, 0) is 36.4 Å².